The van der Waals surface area contributed by atoms with E-state index in [0.717, 1.165) is 66.7 Å². The number of nitrogens with zero attached hydrogens (tertiary/aromatic N) is 4. The molecule has 0 aliphatic carbocycles. The molecule has 0 unspecified atom stereocenters. The summed E-state index contributed by atoms with van der Waals surface area (Å²) in [6.45, 7) is -0.319. The van der Waals surface area contributed by atoms with Crippen LogP contribution in [0.1, 0.15) is 67.7 Å². The molecule has 280 valence electrons. The Balaban J connectivity index is 0.995. The van der Waals surface area contributed by atoms with Crippen LogP contribution in [0.3, 0.4) is 0 Å². The summed E-state index contributed by atoms with van der Waals surface area (Å²) in [6, 6.07) is 13.7. The zero-order valence-corrected chi connectivity index (χ0v) is 28.5. The van der Waals surface area contributed by atoms with E-state index in [2.05, 4.69) is 4.28 Å². The molecule has 0 aromatic heterocycles. The maximum atomic E-state index is 13.0. The van der Waals surface area contributed by atoms with Crippen LogP contribution in [-0.2, 0) is 45.0 Å². The third kappa shape index (κ3) is 6.38. The third-order valence-electron chi connectivity index (χ3n) is 8.04. The van der Waals surface area contributed by atoms with Crippen molar-refractivity contribution in [3.8, 4) is 11.5 Å². The molecule has 23 heteroatoms. The lowest BCUT2D eigenvalue weighted by Gasteiger charge is -2.22. The number of rotatable bonds is 10. The number of carbonyl (C=O) groups excluding carboxylic acids is 7. The number of carbonyl (C=O) groups is 7. The van der Waals surface area contributed by atoms with Crippen molar-refractivity contribution in [1.29, 1.82) is 0 Å². The first-order chi connectivity index (χ1) is 26.0. The summed E-state index contributed by atoms with van der Waals surface area (Å²) < 4.78 is 66.9. The van der Waals surface area contributed by atoms with Crippen molar-refractivity contribution >= 4 is 62.1 Å². The first-order valence-electron chi connectivity index (χ1n) is 15.0. The molecule has 3 aliphatic rings. The second-order valence-corrected chi connectivity index (χ2v) is 14.4. The van der Waals surface area contributed by atoms with Gasteiger partial charge in [-0.1, -0.05) is 5.23 Å². The molecule has 55 heavy (non-hydrogen) atoms. The lowest BCUT2D eigenvalue weighted by molar-refractivity contribution is -0.308. The van der Waals surface area contributed by atoms with Gasteiger partial charge in [0, 0.05) is 5.56 Å². The van der Waals surface area contributed by atoms with Gasteiger partial charge < -0.3 is 4.74 Å². The molecule has 7 amide bonds. The van der Waals surface area contributed by atoms with Crippen molar-refractivity contribution in [2.24, 2.45) is 0 Å². The number of ether oxygens (including phenoxy) is 1. The van der Waals surface area contributed by atoms with Gasteiger partial charge in [-0.2, -0.15) is 16.8 Å². The Morgan fingerprint density at radius 3 is 1.82 bits per heavy atom. The minimum atomic E-state index is -4.84. The number of benzene rings is 4. The van der Waals surface area contributed by atoms with Crippen LogP contribution in [0.2, 0.25) is 0 Å². The van der Waals surface area contributed by atoms with Gasteiger partial charge in [-0.25, -0.2) is 4.84 Å². The van der Waals surface area contributed by atoms with E-state index in [1.165, 1.54) is 12.1 Å². The average molecular weight is 795 g/mol. The molecule has 3 heterocycles. The van der Waals surface area contributed by atoms with Crippen molar-refractivity contribution in [3.63, 3.8) is 0 Å². The van der Waals surface area contributed by atoms with Crippen LogP contribution in [0.5, 0.6) is 11.5 Å². The van der Waals surface area contributed by atoms with Gasteiger partial charge in [-0.05, 0) is 84.4 Å². The largest absolute Gasteiger partial charge is 0.457 e. The molecule has 2 N–H and O–H groups in total. The van der Waals surface area contributed by atoms with Gasteiger partial charge in [0.1, 0.15) is 18.1 Å². The van der Waals surface area contributed by atoms with Gasteiger partial charge in [-0.15, -0.1) is 23.8 Å². The zero-order valence-electron chi connectivity index (χ0n) is 26.9. The number of hydrogen-bond donors (Lipinski definition) is 2. The van der Waals surface area contributed by atoms with E-state index in [-0.39, 0.29) is 78.3 Å². The highest BCUT2D eigenvalue weighted by Gasteiger charge is 2.43. The quantitative estimate of drug-likeness (QED) is 0.0997. The van der Waals surface area contributed by atoms with Crippen molar-refractivity contribution in [1.82, 2.24) is 20.4 Å². The predicted octanol–water partition coefficient (Wildman–Crippen LogP) is 1.58. The normalized spacial score (nSPS) is 15.2. The fraction of sp³-hybridized carbons (Fsp3) is 0.0312. The Labute approximate surface area is 306 Å². The smallest absolute Gasteiger partial charge is 0.318 e. The molecular formula is C32H18N4O17S2. The number of hydroxylamine groups is 8. The van der Waals surface area contributed by atoms with Gasteiger partial charge in [-0.3, -0.25) is 44.0 Å². The molecule has 0 saturated carbocycles. The molecule has 0 atom stereocenters. The molecule has 4 aromatic carbocycles. The first-order valence-corrected chi connectivity index (χ1v) is 17.8. The summed E-state index contributed by atoms with van der Waals surface area (Å²) in [4.78, 5) is 90.1. The second-order valence-electron chi connectivity index (χ2n) is 11.3. The molecule has 4 aromatic rings. The van der Waals surface area contributed by atoms with Crippen molar-refractivity contribution in [3.05, 3.63) is 118 Å². The highest BCUT2D eigenvalue weighted by atomic mass is 32.2. The molecule has 0 radical (unpaired) electrons. The standard InChI is InChI=1S/C32H18N4O17S2/c37-15-33(27(38)16-1-10-22-24(11-16)29(40)34(44)28(22)39)52-54(46,47)20-6-2-18(3-7-20)51-19-4-8-21(9-5-19)55(48,49)53-35-30(41)25-12-17-14-50-36(45)32(43)23(17)13-26(25)31(35)42/h1-13,15,44-45H,14H2. The molecule has 0 saturated heterocycles. The summed E-state index contributed by atoms with van der Waals surface area (Å²) in [5.74, 6) is -6.81. The van der Waals surface area contributed by atoms with Gasteiger partial charge in [0.15, 0.2) is 0 Å². The van der Waals surface area contributed by atoms with Crippen LogP contribution in [0.25, 0.3) is 0 Å². The van der Waals surface area contributed by atoms with Crippen LogP contribution in [0.15, 0.2) is 88.7 Å². The van der Waals surface area contributed by atoms with Crippen molar-refractivity contribution < 1.29 is 79.0 Å². The Hall–Kier alpha value is -6.73. The summed E-state index contributed by atoms with van der Waals surface area (Å²) in [5.41, 5.74) is -1.63. The van der Waals surface area contributed by atoms with E-state index in [9.17, 15) is 60.8 Å². The summed E-state index contributed by atoms with van der Waals surface area (Å²) in [7, 11) is -9.64. The lowest BCUT2D eigenvalue weighted by Crippen LogP contribution is -2.33. The molecule has 7 rings (SSSR count). The molecule has 0 spiro atoms. The van der Waals surface area contributed by atoms with Crippen molar-refractivity contribution in [2.45, 2.75) is 16.4 Å². The topological polar surface area (TPSA) is 278 Å². The molecule has 21 nitrogen and oxygen atoms in total. The Morgan fingerprint density at radius 2 is 1.22 bits per heavy atom. The number of imide groups is 3. The molecular weight excluding hydrogens is 776 g/mol. The molecule has 0 fully saturated rings. The first kappa shape index (κ1) is 36.6. The second kappa shape index (κ2) is 13.3. The summed E-state index contributed by atoms with van der Waals surface area (Å²) in [5, 5.41) is 18.6. The highest BCUT2D eigenvalue weighted by molar-refractivity contribution is 7.87. The van der Waals surface area contributed by atoms with Gasteiger partial charge >= 0.3 is 26.1 Å². The van der Waals surface area contributed by atoms with Crippen LogP contribution in [-0.4, -0.2) is 89.5 Å². The van der Waals surface area contributed by atoms with Crippen LogP contribution in [0.4, 0.5) is 0 Å². The van der Waals surface area contributed by atoms with E-state index in [0.29, 0.717) is 0 Å². The van der Waals surface area contributed by atoms with Gasteiger partial charge in [0.25, 0.3) is 29.5 Å². The summed E-state index contributed by atoms with van der Waals surface area (Å²) >= 11 is 0. The number of amides is 7. The fourth-order valence-corrected chi connectivity index (χ4v) is 7.11. The summed E-state index contributed by atoms with van der Waals surface area (Å²) in [6.07, 6.45) is -0.249. The number of fused-ring (bicyclic) bond motifs is 3. The molecule has 3 aliphatic heterocycles. The van der Waals surface area contributed by atoms with E-state index in [4.69, 9.17) is 13.9 Å². The zero-order chi connectivity index (χ0) is 39.6. The predicted molar refractivity (Wildman–Crippen MR) is 170 cm³/mol. The Morgan fingerprint density at radius 1 is 0.673 bits per heavy atom. The minimum absolute atomic E-state index is 0.00429. The number of hydrogen-bond acceptors (Lipinski definition) is 17. The van der Waals surface area contributed by atoms with E-state index in [1.807, 2.05) is 0 Å². The fourth-order valence-electron chi connectivity index (χ4n) is 5.35. The third-order valence-corrected chi connectivity index (χ3v) is 10.4. The van der Waals surface area contributed by atoms with Crippen LogP contribution >= 0.6 is 0 Å². The van der Waals surface area contributed by atoms with E-state index < -0.39 is 71.0 Å². The van der Waals surface area contributed by atoms with Crippen LogP contribution in [0, 0.1) is 0 Å². The van der Waals surface area contributed by atoms with Crippen LogP contribution < -0.4 is 4.74 Å². The highest BCUT2D eigenvalue weighted by Crippen LogP contribution is 2.32. The SMILES string of the molecule is O=CN(OS(=O)(=O)c1ccc(Oc2ccc(S(=O)(=O)ON3C(=O)c4cc5c(cc4C3=O)C(=O)N(O)OC5)cc2)cc1)C(=O)c1ccc2c(c1)C(=O)N(O)C2=O. The van der Waals surface area contributed by atoms with Crippen molar-refractivity contribution in [2.75, 3.05) is 0 Å². The lowest BCUT2D eigenvalue weighted by atomic mass is 9.99. The Kier molecular flexibility index (Phi) is 8.85. The van der Waals surface area contributed by atoms with Gasteiger partial charge in [0.05, 0.1) is 37.6 Å². The van der Waals surface area contributed by atoms with Gasteiger partial charge in [0.2, 0.25) is 6.41 Å². The maximum Gasteiger partial charge on any atom is 0.318 e. The van der Waals surface area contributed by atoms with E-state index >= 15 is 0 Å². The maximum absolute atomic E-state index is 13.0. The average Bonchev–Trinajstić information content (AvgIpc) is 3.53. The van der Waals surface area contributed by atoms with E-state index in [1.54, 1.807) is 0 Å². The minimum Gasteiger partial charge on any atom is -0.457 e. The molecule has 0 bridgehead atoms. The monoisotopic (exact) mass is 794 g/mol. The Bertz CT molecular complexity index is 2630.